The zero-order valence-electron chi connectivity index (χ0n) is 20.7. The van der Waals surface area contributed by atoms with E-state index in [4.69, 9.17) is 5.11 Å². The number of Topliss-reactive ketones (excluding diaryl/α,β-unsaturated/α-hetero) is 2. The summed E-state index contributed by atoms with van der Waals surface area (Å²) in [7, 11) is 0. The van der Waals surface area contributed by atoms with Gasteiger partial charge in [-0.05, 0) is 73.5 Å². The number of fused-ring (bicyclic) bond motifs is 5. The Balaban J connectivity index is 1.57. The molecular formula is C27H43NO4. The molecule has 0 aliphatic heterocycles. The van der Waals surface area contributed by atoms with Gasteiger partial charge in [0, 0.05) is 42.7 Å². The van der Waals surface area contributed by atoms with Crippen LogP contribution in [0.5, 0.6) is 0 Å². The molecule has 4 fully saturated rings. The predicted octanol–water partition coefficient (Wildman–Crippen LogP) is 4.87. The van der Waals surface area contributed by atoms with Gasteiger partial charge in [-0.1, -0.05) is 34.6 Å². The van der Waals surface area contributed by atoms with Gasteiger partial charge in [-0.15, -0.1) is 0 Å². The zero-order chi connectivity index (χ0) is 23.4. The van der Waals surface area contributed by atoms with E-state index in [1.165, 1.54) is 0 Å². The van der Waals surface area contributed by atoms with Gasteiger partial charge in [0.1, 0.15) is 11.6 Å². The van der Waals surface area contributed by atoms with Crippen molar-refractivity contribution in [3.63, 3.8) is 0 Å². The van der Waals surface area contributed by atoms with Crippen LogP contribution in [0.1, 0.15) is 92.4 Å². The molecule has 9 atom stereocenters. The average Bonchev–Trinajstić information content (AvgIpc) is 3.06. The van der Waals surface area contributed by atoms with Gasteiger partial charge in [0.15, 0.2) is 0 Å². The van der Waals surface area contributed by atoms with Gasteiger partial charge in [0.25, 0.3) is 0 Å². The zero-order valence-corrected chi connectivity index (χ0v) is 20.7. The quantitative estimate of drug-likeness (QED) is 0.609. The van der Waals surface area contributed by atoms with Gasteiger partial charge in [-0.3, -0.25) is 14.4 Å². The molecule has 0 aromatic rings. The predicted molar refractivity (Wildman–Crippen MR) is 124 cm³/mol. The third-order valence-electron chi connectivity index (χ3n) is 10.5. The summed E-state index contributed by atoms with van der Waals surface area (Å²) in [6.07, 6.45) is 7.16. The minimum Gasteiger partial charge on any atom is -0.481 e. The van der Waals surface area contributed by atoms with E-state index in [1.807, 2.05) is 0 Å². The molecule has 0 saturated heterocycles. The third-order valence-corrected chi connectivity index (χ3v) is 10.5. The summed E-state index contributed by atoms with van der Waals surface area (Å²) in [5, 5.41) is 12.8. The highest BCUT2D eigenvalue weighted by molar-refractivity contribution is 5.92. The van der Waals surface area contributed by atoms with Crippen molar-refractivity contribution in [1.29, 1.82) is 0 Å². The summed E-state index contributed by atoms with van der Waals surface area (Å²) >= 11 is 0. The van der Waals surface area contributed by atoms with Crippen LogP contribution in [0.15, 0.2) is 0 Å². The molecule has 32 heavy (non-hydrogen) atoms. The number of carbonyl (C=O) groups excluding carboxylic acids is 2. The number of hydrogen-bond donors (Lipinski definition) is 2. The Morgan fingerprint density at radius 3 is 2.47 bits per heavy atom. The van der Waals surface area contributed by atoms with Crippen LogP contribution in [0.4, 0.5) is 0 Å². The van der Waals surface area contributed by atoms with Gasteiger partial charge >= 0.3 is 5.97 Å². The Labute approximate surface area is 193 Å². The molecule has 5 heteroatoms. The molecule has 2 N–H and O–H groups in total. The van der Waals surface area contributed by atoms with Crippen molar-refractivity contribution in [3.8, 4) is 0 Å². The molecule has 0 spiro atoms. The Bertz CT molecular complexity index is 778. The summed E-state index contributed by atoms with van der Waals surface area (Å²) in [5.74, 6) is 1.11. The van der Waals surface area contributed by atoms with Crippen molar-refractivity contribution in [2.45, 2.75) is 104 Å². The van der Waals surface area contributed by atoms with Crippen LogP contribution in [0.3, 0.4) is 0 Å². The molecule has 0 bridgehead atoms. The van der Waals surface area contributed by atoms with Crippen molar-refractivity contribution >= 4 is 17.5 Å². The molecular weight excluding hydrogens is 402 g/mol. The van der Waals surface area contributed by atoms with Crippen molar-refractivity contribution in [3.05, 3.63) is 0 Å². The summed E-state index contributed by atoms with van der Waals surface area (Å²) in [6.45, 7) is 11.0. The maximum Gasteiger partial charge on any atom is 0.303 e. The molecule has 0 aromatic carbocycles. The van der Waals surface area contributed by atoms with Gasteiger partial charge in [-0.2, -0.15) is 0 Å². The fourth-order valence-corrected chi connectivity index (χ4v) is 8.77. The third kappa shape index (κ3) is 3.76. The van der Waals surface area contributed by atoms with E-state index in [0.29, 0.717) is 48.8 Å². The summed E-state index contributed by atoms with van der Waals surface area (Å²) in [6, 6.07) is 0.930. The molecule has 0 radical (unpaired) electrons. The van der Waals surface area contributed by atoms with E-state index >= 15 is 0 Å². The van der Waals surface area contributed by atoms with Gasteiger partial charge in [-0.25, -0.2) is 0 Å². The van der Waals surface area contributed by atoms with Gasteiger partial charge in [0.2, 0.25) is 0 Å². The van der Waals surface area contributed by atoms with Gasteiger partial charge in [0.05, 0.1) is 0 Å². The lowest BCUT2D eigenvalue weighted by molar-refractivity contribution is -0.166. The molecule has 4 rings (SSSR count). The molecule has 0 heterocycles. The molecule has 4 aliphatic rings. The number of hydrogen-bond acceptors (Lipinski definition) is 4. The van der Waals surface area contributed by atoms with E-state index in [-0.39, 0.29) is 41.4 Å². The van der Waals surface area contributed by atoms with Crippen LogP contribution in [-0.4, -0.2) is 34.7 Å². The molecule has 0 amide bonds. The van der Waals surface area contributed by atoms with E-state index < -0.39 is 11.4 Å². The lowest BCUT2D eigenvalue weighted by Crippen LogP contribution is -2.61. The first kappa shape index (κ1) is 23.9. The average molecular weight is 446 g/mol. The van der Waals surface area contributed by atoms with Crippen LogP contribution < -0.4 is 5.32 Å². The highest BCUT2D eigenvalue weighted by atomic mass is 16.4. The normalized spacial score (nSPS) is 44.7. The standard InChI is InChI=1S/C27H43NO4/c1-15(2)28-18-10-11-26(4)17(12-18)13-22(29)25-20-8-7-19(16(3)6-9-24(31)32)27(20,5)23(30)14-21(25)26/h15-21,25,28H,6-14H2,1-5H3,(H,31,32)/t16-,17+,18?,19-,20+,21+,25+,26+,27-/m1/s1. The smallest absolute Gasteiger partial charge is 0.303 e. The molecule has 4 aliphatic carbocycles. The first-order valence-corrected chi connectivity index (χ1v) is 13.0. The number of carbonyl (C=O) groups is 3. The van der Waals surface area contributed by atoms with Crippen LogP contribution >= 0.6 is 0 Å². The highest BCUT2D eigenvalue weighted by Gasteiger charge is 2.66. The molecule has 4 saturated carbocycles. The first-order valence-electron chi connectivity index (χ1n) is 13.0. The Morgan fingerprint density at radius 2 is 1.81 bits per heavy atom. The van der Waals surface area contributed by atoms with Crippen LogP contribution in [0.25, 0.3) is 0 Å². The summed E-state index contributed by atoms with van der Waals surface area (Å²) in [4.78, 5) is 38.5. The van der Waals surface area contributed by atoms with Crippen molar-refractivity contribution in [2.75, 3.05) is 0 Å². The highest BCUT2D eigenvalue weighted by Crippen LogP contribution is 2.66. The minimum atomic E-state index is -0.768. The van der Waals surface area contributed by atoms with Crippen LogP contribution in [-0.2, 0) is 14.4 Å². The van der Waals surface area contributed by atoms with Crippen LogP contribution in [0, 0.1) is 46.3 Å². The van der Waals surface area contributed by atoms with E-state index in [9.17, 15) is 14.4 Å². The topological polar surface area (TPSA) is 83.5 Å². The lowest BCUT2D eigenvalue weighted by Gasteiger charge is -2.60. The second-order valence-corrected chi connectivity index (χ2v) is 12.4. The van der Waals surface area contributed by atoms with Crippen molar-refractivity contribution in [1.82, 2.24) is 5.32 Å². The lowest BCUT2D eigenvalue weighted by atomic mass is 9.43. The molecule has 0 aromatic heterocycles. The number of nitrogens with one attached hydrogen (secondary N) is 1. The Hall–Kier alpha value is -1.23. The van der Waals surface area contributed by atoms with Crippen molar-refractivity contribution < 1.29 is 19.5 Å². The van der Waals surface area contributed by atoms with E-state index in [2.05, 4.69) is 39.9 Å². The number of aliphatic carboxylic acids is 1. The number of rotatable bonds is 6. The SMILES string of the molecule is CC(C)NC1CC[C@@]2(C)[C@H](CC(=O)[C@@H]3[C@@H]2CC(=O)[C@]2(C)[C@@H]([C@H](C)CCC(=O)O)CC[C@@H]32)C1. The number of ketones is 2. The summed E-state index contributed by atoms with van der Waals surface area (Å²) < 4.78 is 0. The second kappa shape index (κ2) is 8.52. The van der Waals surface area contributed by atoms with E-state index in [1.54, 1.807) is 0 Å². The minimum absolute atomic E-state index is 0.0187. The largest absolute Gasteiger partial charge is 0.481 e. The molecule has 180 valence electrons. The monoisotopic (exact) mass is 445 g/mol. The van der Waals surface area contributed by atoms with Gasteiger partial charge < -0.3 is 10.4 Å². The van der Waals surface area contributed by atoms with Crippen LogP contribution in [0.2, 0.25) is 0 Å². The summed E-state index contributed by atoms with van der Waals surface area (Å²) in [5.41, 5.74) is -0.383. The number of carboxylic acids is 1. The van der Waals surface area contributed by atoms with E-state index in [0.717, 1.165) is 32.1 Å². The Kier molecular flexibility index (Phi) is 6.37. The maximum absolute atomic E-state index is 13.8. The first-order chi connectivity index (χ1) is 15.0. The maximum atomic E-state index is 13.8. The van der Waals surface area contributed by atoms with Crippen molar-refractivity contribution in [2.24, 2.45) is 46.3 Å². The number of carboxylic acid groups (broad SMARTS) is 1. The fraction of sp³-hybridized carbons (Fsp3) is 0.889. The molecule has 5 nitrogen and oxygen atoms in total. The molecule has 1 unspecified atom stereocenters. The second-order valence-electron chi connectivity index (χ2n) is 12.4. The Morgan fingerprint density at radius 1 is 1.09 bits per heavy atom. The fourth-order valence-electron chi connectivity index (χ4n) is 8.77.